The van der Waals surface area contributed by atoms with Crippen LogP contribution in [-0.2, 0) is 11.2 Å². The summed E-state index contributed by atoms with van der Waals surface area (Å²) in [7, 11) is 0. The molecule has 0 amide bonds. The summed E-state index contributed by atoms with van der Waals surface area (Å²) < 4.78 is 5.47. The van der Waals surface area contributed by atoms with Crippen molar-refractivity contribution in [3.05, 3.63) is 22.4 Å². The van der Waals surface area contributed by atoms with Gasteiger partial charge in [0.05, 0.1) is 6.61 Å². The Morgan fingerprint density at radius 1 is 1.58 bits per heavy atom. The number of thiophene rings is 1. The molecule has 12 heavy (non-hydrogen) atoms. The average molecular weight is 202 g/mol. The molecule has 0 saturated carbocycles. The molecule has 0 radical (unpaired) electrons. The molecule has 0 unspecified atom stereocenters. The highest BCUT2D eigenvalue weighted by molar-refractivity contribution is 7.81. The van der Waals surface area contributed by atoms with E-state index in [1.54, 1.807) is 11.3 Å². The van der Waals surface area contributed by atoms with Gasteiger partial charge in [-0.2, -0.15) is 0 Å². The number of thiol groups is 1. The number of ether oxygens (including phenoxy) is 1. The van der Waals surface area contributed by atoms with Gasteiger partial charge in [-0.3, -0.25) is 0 Å². The molecular formula is C9H14OS2. The molecule has 0 atom stereocenters. The van der Waals surface area contributed by atoms with Crippen molar-refractivity contribution in [3.8, 4) is 0 Å². The Morgan fingerprint density at radius 3 is 2.83 bits per heavy atom. The molecule has 0 bridgehead atoms. The van der Waals surface area contributed by atoms with Crippen molar-refractivity contribution < 1.29 is 4.74 Å². The summed E-state index contributed by atoms with van der Waals surface area (Å²) in [6, 6.07) is 4.19. The summed E-state index contributed by atoms with van der Waals surface area (Å²) in [6.45, 7) is 4.64. The Labute approximate surface area is 83.2 Å². The van der Waals surface area contributed by atoms with Gasteiger partial charge in [0.15, 0.2) is 0 Å². The molecule has 1 aromatic heterocycles. The minimum atomic E-state index is -0.308. The van der Waals surface area contributed by atoms with E-state index in [1.807, 2.05) is 13.8 Å². The first kappa shape index (κ1) is 10.1. The van der Waals surface area contributed by atoms with Crippen LogP contribution in [0.2, 0.25) is 0 Å². The van der Waals surface area contributed by atoms with Gasteiger partial charge >= 0.3 is 0 Å². The van der Waals surface area contributed by atoms with E-state index in [-0.39, 0.29) is 4.93 Å². The summed E-state index contributed by atoms with van der Waals surface area (Å²) in [5.41, 5.74) is 0. The fourth-order valence-electron chi connectivity index (χ4n) is 0.856. The van der Waals surface area contributed by atoms with Crippen molar-refractivity contribution in [2.24, 2.45) is 0 Å². The van der Waals surface area contributed by atoms with Crippen LogP contribution in [0.3, 0.4) is 0 Å². The van der Waals surface area contributed by atoms with Crippen molar-refractivity contribution in [1.82, 2.24) is 0 Å². The zero-order valence-corrected chi connectivity index (χ0v) is 9.12. The van der Waals surface area contributed by atoms with E-state index >= 15 is 0 Å². The minimum absolute atomic E-state index is 0.308. The first-order chi connectivity index (χ1) is 5.58. The van der Waals surface area contributed by atoms with Crippen LogP contribution < -0.4 is 0 Å². The van der Waals surface area contributed by atoms with Crippen LogP contribution in [0.5, 0.6) is 0 Å². The third-order valence-electron chi connectivity index (χ3n) is 1.38. The lowest BCUT2D eigenvalue weighted by atomic mass is 10.3. The standard InChI is InChI=1S/C9H14OS2/c1-9(2,11)10-6-5-8-4-3-7-12-8/h3-4,7,11H,5-6H2,1-2H3. The topological polar surface area (TPSA) is 9.23 Å². The van der Waals surface area contributed by atoms with Gasteiger partial charge in [0.1, 0.15) is 4.93 Å². The van der Waals surface area contributed by atoms with Gasteiger partial charge in [-0.15, -0.1) is 24.0 Å². The third kappa shape index (κ3) is 4.14. The molecule has 68 valence electrons. The van der Waals surface area contributed by atoms with Crippen LogP contribution in [-0.4, -0.2) is 11.5 Å². The van der Waals surface area contributed by atoms with Gasteiger partial charge in [-0.25, -0.2) is 0 Å². The third-order valence-corrected chi connectivity index (χ3v) is 2.45. The maximum atomic E-state index is 5.47. The summed E-state index contributed by atoms with van der Waals surface area (Å²) in [6.07, 6.45) is 0.988. The molecule has 0 saturated heterocycles. The van der Waals surface area contributed by atoms with Gasteiger partial charge in [0.25, 0.3) is 0 Å². The highest BCUT2D eigenvalue weighted by atomic mass is 32.1. The SMILES string of the molecule is CC(C)(S)OCCc1cccs1. The summed E-state index contributed by atoms with van der Waals surface area (Å²) >= 11 is 6.04. The predicted molar refractivity (Wildman–Crippen MR) is 57.0 cm³/mol. The summed E-state index contributed by atoms with van der Waals surface area (Å²) in [5, 5.41) is 2.08. The van der Waals surface area contributed by atoms with E-state index in [9.17, 15) is 0 Å². The molecule has 0 aliphatic carbocycles. The molecule has 0 aromatic carbocycles. The van der Waals surface area contributed by atoms with Crippen molar-refractivity contribution in [1.29, 1.82) is 0 Å². The van der Waals surface area contributed by atoms with Crippen LogP contribution >= 0.6 is 24.0 Å². The second-order valence-electron chi connectivity index (χ2n) is 3.12. The lowest BCUT2D eigenvalue weighted by Gasteiger charge is -2.17. The smallest absolute Gasteiger partial charge is 0.105 e. The maximum Gasteiger partial charge on any atom is 0.105 e. The quantitative estimate of drug-likeness (QED) is 0.583. The molecule has 0 N–H and O–H groups in total. The number of hydrogen-bond donors (Lipinski definition) is 1. The van der Waals surface area contributed by atoms with Gasteiger partial charge < -0.3 is 4.74 Å². The number of rotatable bonds is 4. The van der Waals surface area contributed by atoms with E-state index in [0.717, 1.165) is 13.0 Å². The van der Waals surface area contributed by atoms with Crippen LogP contribution in [0, 0.1) is 0 Å². The molecule has 3 heteroatoms. The zero-order valence-electron chi connectivity index (χ0n) is 7.41. The van der Waals surface area contributed by atoms with Crippen molar-refractivity contribution in [3.63, 3.8) is 0 Å². The lowest BCUT2D eigenvalue weighted by Crippen LogP contribution is -2.17. The molecule has 1 aromatic rings. The second-order valence-corrected chi connectivity index (χ2v) is 5.23. The van der Waals surface area contributed by atoms with E-state index in [0.29, 0.717) is 0 Å². The second kappa shape index (κ2) is 4.30. The van der Waals surface area contributed by atoms with E-state index in [4.69, 9.17) is 4.74 Å². The highest BCUT2D eigenvalue weighted by Crippen LogP contribution is 2.15. The lowest BCUT2D eigenvalue weighted by molar-refractivity contribution is 0.0567. The Kier molecular flexibility index (Phi) is 3.62. The molecule has 0 spiro atoms. The van der Waals surface area contributed by atoms with Crippen LogP contribution in [0.15, 0.2) is 17.5 Å². The van der Waals surface area contributed by atoms with E-state index < -0.39 is 0 Å². The predicted octanol–water partition coefficient (Wildman–Crippen LogP) is 2.97. The van der Waals surface area contributed by atoms with Gasteiger partial charge in [-0.05, 0) is 25.3 Å². The Bertz CT molecular complexity index is 211. The van der Waals surface area contributed by atoms with E-state index in [2.05, 4.69) is 30.1 Å². The number of hydrogen-bond acceptors (Lipinski definition) is 3. The van der Waals surface area contributed by atoms with Gasteiger partial charge in [0.2, 0.25) is 0 Å². The zero-order chi connectivity index (χ0) is 9.03. The summed E-state index contributed by atoms with van der Waals surface area (Å²) in [4.78, 5) is 1.06. The Hall–Kier alpha value is 0.01000. The van der Waals surface area contributed by atoms with E-state index in [1.165, 1.54) is 4.88 Å². The molecule has 1 rings (SSSR count). The summed E-state index contributed by atoms with van der Waals surface area (Å²) in [5.74, 6) is 0. The Morgan fingerprint density at radius 2 is 2.33 bits per heavy atom. The highest BCUT2D eigenvalue weighted by Gasteiger charge is 2.10. The minimum Gasteiger partial charge on any atom is -0.365 e. The van der Waals surface area contributed by atoms with Gasteiger partial charge in [-0.1, -0.05) is 6.07 Å². The molecular weight excluding hydrogens is 188 g/mol. The fraction of sp³-hybridized carbons (Fsp3) is 0.556. The largest absolute Gasteiger partial charge is 0.365 e. The average Bonchev–Trinajstić information content (AvgIpc) is 2.36. The molecule has 0 aliphatic rings. The van der Waals surface area contributed by atoms with Crippen LogP contribution in [0.4, 0.5) is 0 Å². The van der Waals surface area contributed by atoms with Crippen LogP contribution in [0.25, 0.3) is 0 Å². The van der Waals surface area contributed by atoms with Crippen molar-refractivity contribution >= 4 is 24.0 Å². The van der Waals surface area contributed by atoms with Crippen LogP contribution in [0.1, 0.15) is 18.7 Å². The maximum absolute atomic E-state index is 5.47. The molecule has 0 aliphatic heterocycles. The van der Waals surface area contributed by atoms with Crippen molar-refractivity contribution in [2.75, 3.05) is 6.61 Å². The monoisotopic (exact) mass is 202 g/mol. The Balaban J connectivity index is 2.20. The molecule has 1 nitrogen and oxygen atoms in total. The van der Waals surface area contributed by atoms with Gasteiger partial charge in [0, 0.05) is 11.3 Å². The normalized spacial score (nSPS) is 11.9. The van der Waals surface area contributed by atoms with Crippen molar-refractivity contribution in [2.45, 2.75) is 25.2 Å². The molecule has 0 fully saturated rings. The first-order valence-corrected chi connectivity index (χ1v) is 5.29. The first-order valence-electron chi connectivity index (χ1n) is 3.97. The molecule has 1 heterocycles. The fourth-order valence-corrected chi connectivity index (χ4v) is 1.64.